The van der Waals surface area contributed by atoms with E-state index in [9.17, 15) is 9.18 Å². The summed E-state index contributed by atoms with van der Waals surface area (Å²) in [5.41, 5.74) is 0.443. The third-order valence-electron chi connectivity index (χ3n) is 2.83. The maximum absolute atomic E-state index is 13.7. The second-order valence-electron chi connectivity index (χ2n) is 4.26. The van der Waals surface area contributed by atoms with Gasteiger partial charge in [-0.15, -0.1) is 0 Å². The van der Waals surface area contributed by atoms with Crippen molar-refractivity contribution in [2.24, 2.45) is 4.99 Å². The van der Waals surface area contributed by atoms with E-state index in [1.54, 1.807) is 12.1 Å². The first-order chi connectivity index (χ1) is 8.61. The highest BCUT2D eigenvalue weighted by Gasteiger charge is 2.25. The molecule has 1 aliphatic heterocycles. The number of amides is 1. The lowest BCUT2D eigenvalue weighted by atomic mass is 10.1. The molecule has 1 aromatic rings. The minimum Gasteiger partial charge on any atom is -0.312 e. The molecule has 0 bridgehead atoms. The molecule has 3 nitrogen and oxygen atoms in total. The van der Waals surface area contributed by atoms with Gasteiger partial charge in [-0.1, -0.05) is 37.1 Å². The van der Waals surface area contributed by atoms with E-state index in [0.29, 0.717) is 17.8 Å². The zero-order valence-electron chi connectivity index (χ0n) is 10.0. The fourth-order valence-electron chi connectivity index (χ4n) is 1.93. The van der Waals surface area contributed by atoms with Crippen LogP contribution in [0, 0.1) is 5.82 Å². The number of nitrogens with one attached hydrogen (secondary N) is 1. The van der Waals surface area contributed by atoms with E-state index in [4.69, 9.17) is 11.6 Å². The summed E-state index contributed by atoms with van der Waals surface area (Å²) in [6, 6.07) is 4.49. The van der Waals surface area contributed by atoms with Crippen molar-refractivity contribution in [1.82, 2.24) is 5.32 Å². The number of carbonyl (C=O) groups is 1. The number of aliphatic imine (C=N–C) groups is 1. The summed E-state index contributed by atoms with van der Waals surface area (Å²) >= 11 is 5.70. The van der Waals surface area contributed by atoms with Gasteiger partial charge in [0.1, 0.15) is 17.7 Å². The molecule has 0 radical (unpaired) electrons. The largest absolute Gasteiger partial charge is 0.312 e. The molecular weight excluding hydrogens is 255 g/mol. The number of halogens is 2. The Hall–Kier alpha value is -1.42. The van der Waals surface area contributed by atoms with Gasteiger partial charge in [0.15, 0.2) is 0 Å². The first-order valence-corrected chi connectivity index (χ1v) is 6.30. The molecule has 1 atom stereocenters. The molecule has 1 unspecified atom stereocenters. The lowest BCUT2D eigenvalue weighted by molar-refractivity contribution is -0.120. The summed E-state index contributed by atoms with van der Waals surface area (Å²) in [6.07, 6.45) is 1.87. The molecule has 0 fully saturated rings. The summed E-state index contributed by atoms with van der Waals surface area (Å²) < 4.78 is 13.7. The van der Waals surface area contributed by atoms with Gasteiger partial charge in [-0.05, 0) is 18.1 Å². The Morgan fingerprint density at radius 2 is 2.28 bits per heavy atom. The van der Waals surface area contributed by atoms with Crippen LogP contribution >= 0.6 is 11.6 Å². The Labute approximate surface area is 110 Å². The van der Waals surface area contributed by atoms with Crippen molar-refractivity contribution in [2.75, 3.05) is 0 Å². The molecule has 1 aliphatic rings. The predicted octanol–water partition coefficient (Wildman–Crippen LogP) is 2.72. The second kappa shape index (κ2) is 5.48. The summed E-state index contributed by atoms with van der Waals surface area (Å²) in [5.74, 6) is -0.0380. The summed E-state index contributed by atoms with van der Waals surface area (Å²) in [5, 5.41) is 2.77. The number of benzene rings is 1. The minimum atomic E-state index is -0.449. The number of hydrogen-bond donors (Lipinski definition) is 1. The van der Waals surface area contributed by atoms with Gasteiger partial charge in [-0.3, -0.25) is 9.79 Å². The number of carbonyl (C=O) groups excluding carboxylic acids is 1. The monoisotopic (exact) mass is 268 g/mol. The third kappa shape index (κ3) is 2.70. The zero-order chi connectivity index (χ0) is 13.1. The van der Waals surface area contributed by atoms with Gasteiger partial charge in [0.25, 0.3) is 0 Å². The molecule has 5 heteroatoms. The van der Waals surface area contributed by atoms with Gasteiger partial charge in [0.2, 0.25) is 5.91 Å². The fourth-order valence-corrected chi connectivity index (χ4v) is 2.12. The Morgan fingerprint density at radius 1 is 1.50 bits per heavy atom. The number of amidine groups is 1. The normalized spacial score (nSPS) is 18.7. The third-order valence-corrected chi connectivity index (χ3v) is 3.13. The van der Waals surface area contributed by atoms with Crippen LogP contribution in [0.3, 0.4) is 0 Å². The van der Waals surface area contributed by atoms with Gasteiger partial charge in [-0.2, -0.15) is 0 Å². The maximum Gasteiger partial charge on any atom is 0.250 e. The standard InChI is InChI=1S/C13H14ClFN2O/c1-2-4-10-13(18)17-11(16-10)7-8-5-3-6-9(14)12(8)15/h3,5-6,10H,2,4,7H2,1H3,(H,16,17,18). The number of rotatable bonds is 4. The molecule has 1 amide bonds. The first-order valence-electron chi connectivity index (χ1n) is 5.92. The van der Waals surface area contributed by atoms with Crippen molar-refractivity contribution < 1.29 is 9.18 Å². The molecule has 1 heterocycles. The maximum atomic E-state index is 13.7. The van der Waals surface area contributed by atoms with Crippen LogP contribution in [0.15, 0.2) is 23.2 Å². The topological polar surface area (TPSA) is 41.5 Å². The average Bonchev–Trinajstić information content (AvgIpc) is 2.66. The highest BCUT2D eigenvalue weighted by molar-refractivity contribution is 6.30. The van der Waals surface area contributed by atoms with Gasteiger partial charge in [-0.25, -0.2) is 4.39 Å². The van der Waals surface area contributed by atoms with Crippen molar-refractivity contribution in [3.8, 4) is 0 Å². The van der Waals surface area contributed by atoms with Crippen LogP contribution in [0.5, 0.6) is 0 Å². The van der Waals surface area contributed by atoms with E-state index >= 15 is 0 Å². The number of nitrogens with zero attached hydrogens (tertiary/aromatic N) is 1. The molecule has 0 aromatic heterocycles. The first kappa shape index (κ1) is 13.0. The Balaban J connectivity index is 2.13. The van der Waals surface area contributed by atoms with E-state index in [2.05, 4.69) is 10.3 Å². The lowest BCUT2D eigenvalue weighted by Crippen LogP contribution is -2.29. The molecule has 96 valence electrons. The molecular formula is C13H14ClFN2O. The van der Waals surface area contributed by atoms with Crippen molar-refractivity contribution in [1.29, 1.82) is 0 Å². The van der Waals surface area contributed by atoms with Crippen molar-refractivity contribution in [3.63, 3.8) is 0 Å². The molecule has 2 rings (SSSR count). The van der Waals surface area contributed by atoms with Gasteiger partial charge < -0.3 is 5.32 Å². The van der Waals surface area contributed by atoms with E-state index in [1.165, 1.54) is 6.07 Å². The van der Waals surface area contributed by atoms with Crippen LogP contribution in [-0.4, -0.2) is 17.8 Å². The highest BCUT2D eigenvalue weighted by atomic mass is 35.5. The van der Waals surface area contributed by atoms with Crippen LogP contribution in [0.2, 0.25) is 5.02 Å². The minimum absolute atomic E-state index is 0.0857. The predicted molar refractivity (Wildman–Crippen MR) is 69.4 cm³/mol. The quantitative estimate of drug-likeness (QED) is 0.896. The Morgan fingerprint density at radius 3 is 3.00 bits per heavy atom. The van der Waals surface area contributed by atoms with E-state index in [0.717, 1.165) is 6.42 Å². The van der Waals surface area contributed by atoms with Crippen molar-refractivity contribution >= 4 is 23.3 Å². The fraction of sp³-hybridized carbons (Fsp3) is 0.385. The van der Waals surface area contributed by atoms with Gasteiger partial charge in [0.05, 0.1) is 5.02 Å². The van der Waals surface area contributed by atoms with Gasteiger partial charge in [0, 0.05) is 6.42 Å². The SMILES string of the molecule is CCCC1N=C(Cc2cccc(Cl)c2F)NC1=O. The molecule has 0 saturated carbocycles. The van der Waals surface area contributed by atoms with Crippen molar-refractivity contribution in [3.05, 3.63) is 34.6 Å². The summed E-state index contributed by atoms with van der Waals surface area (Å²) in [7, 11) is 0. The molecule has 18 heavy (non-hydrogen) atoms. The summed E-state index contributed by atoms with van der Waals surface area (Å²) in [4.78, 5) is 15.8. The Kier molecular flexibility index (Phi) is 3.97. The molecule has 0 saturated heterocycles. The van der Waals surface area contributed by atoms with E-state index in [1.807, 2.05) is 6.92 Å². The Bertz CT molecular complexity index is 502. The van der Waals surface area contributed by atoms with E-state index in [-0.39, 0.29) is 23.4 Å². The molecule has 1 aromatic carbocycles. The lowest BCUT2D eigenvalue weighted by Gasteiger charge is -2.04. The average molecular weight is 269 g/mol. The van der Waals surface area contributed by atoms with Crippen molar-refractivity contribution in [2.45, 2.75) is 32.2 Å². The van der Waals surface area contributed by atoms with Crippen LogP contribution < -0.4 is 5.32 Å². The molecule has 1 N–H and O–H groups in total. The van der Waals surface area contributed by atoms with Crippen LogP contribution in [0.25, 0.3) is 0 Å². The molecule has 0 spiro atoms. The molecule has 0 aliphatic carbocycles. The zero-order valence-corrected chi connectivity index (χ0v) is 10.8. The number of hydrogen-bond acceptors (Lipinski definition) is 2. The van der Waals surface area contributed by atoms with Crippen LogP contribution in [-0.2, 0) is 11.2 Å². The van der Waals surface area contributed by atoms with Crippen LogP contribution in [0.1, 0.15) is 25.3 Å². The van der Waals surface area contributed by atoms with Gasteiger partial charge >= 0.3 is 0 Å². The highest BCUT2D eigenvalue weighted by Crippen LogP contribution is 2.19. The van der Waals surface area contributed by atoms with E-state index < -0.39 is 5.82 Å². The smallest absolute Gasteiger partial charge is 0.250 e. The summed E-state index contributed by atoms with van der Waals surface area (Å²) in [6.45, 7) is 2.00. The van der Waals surface area contributed by atoms with Crippen LogP contribution in [0.4, 0.5) is 4.39 Å². The second-order valence-corrected chi connectivity index (χ2v) is 4.67.